The predicted molar refractivity (Wildman–Crippen MR) is 210 cm³/mol. The van der Waals surface area contributed by atoms with E-state index in [1.807, 2.05) is 72.8 Å². The van der Waals surface area contributed by atoms with Crippen molar-refractivity contribution in [2.24, 2.45) is 0 Å². The molecule has 3 atom stereocenters. The number of hydrogen-bond acceptors (Lipinski definition) is 7. The molecule has 286 valence electrons. The Morgan fingerprint density at radius 1 is 0.833 bits per heavy atom. The van der Waals surface area contributed by atoms with E-state index in [0.29, 0.717) is 50.3 Å². The van der Waals surface area contributed by atoms with Crippen molar-refractivity contribution in [1.29, 1.82) is 0 Å². The molecule has 0 aromatic heterocycles. The second-order valence-electron chi connectivity index (χ2n) is 14.6. The summed E-state index contributed by atoms with van der Waals surface area (Å²) in [5, 5.41) is 27.6. The highest BCUT2D eigenvalue weighted by Crippen LogP contribution is 2.40. The zero-order chi connectivity index (χ0) is 37.9. The Balaban J connectivity index is 1.10. The summed E-state index contributed by atoms with van der Waals surface area (Å²) in [6.45, 7) is 4.78. The smallest absolute Gasteiger partial charge is 0.220 e. The molecular weight excluding hydrogens is 702 g/mol. The van der Waals surface area contributed by atoms with Gasteiger partial charge in [-0.2, -0.15) is 0 Å². The SMILES string of the molecule is CC(=O)NCCCCCC(=O)NCc1cccc(-c2cccc(C3OC(CN4CCC(O)(c5ccc(Cl)cc5)CC4)CC(c4ccc(CO)cc4)O3)c2)c1. The molecule has 10 heteroatoms. The minimum absolute atomic E-state index is 0.0139. The first-order chi connectivity index (χ1) is 26.2. The molecule has 0 radical (unpaired) electrons. The highest BCUT2D eigenvalue weighted by Gasteiger charge is 2.37. The first-order valence-electron chi connectivity index (χ1n) is 19.1. The number of unbranched alkanes of at least 4 members (excludes halogenated alkanes) is 2. The number of ether oxygens (including phenoxy) is 2. The van der Waals surface area contributed by atoms with Crippen molar-refractivity contribution in [2.75, 3.05) is 26.2 Å². The van der Waals surface area contributed by atoms with Gasteiger partial charge in [0, 0.05) is 63.1 Å². The van der Waals surface area contributed by atoms with E-state index in [2.05, 4.69) is 39.8 Å². The number of halogens is 1. The molecule has 2 fully saturated rings. The summed E-state index contributed by atoms with van der Waals surface area (Å²) in [5.41, 5.74) is 5.90. The number of rotatable bonds is 15. The number of aliphatic hydroxyl groups excluding tert-OH is 1. The van der Waals surface area contributed by atoms with E-state index < -0.39 is 11.9 Å². The van der Waals surface area contributed by atoms with Gasteiger partial charge in [0.15, 0.2) is 6.29 Å². The van der Waals surface area contributed by atoms with Crippen molar-refractivity contribution in [2.45, 2.75) is 89.1 Å². The molecule has 2 aliphatic rings. The highest BCUT2D eigenvalue weighted by atomic mass is 35.5. The summed E-state index contributed by atoms with van der Waals surface area (Å²) in [6, 6.07) is 31.9. The lowest BCUT2D eigenvalue weighted by Crippen LogP contribution is -2.46. The van der Waals surface area contributed by atoms with E-state index in [4.69, 9.17) is 21.1 Å². The zero-order valence-corrected chi connectivity index (χ0v) is 31.8. The van der Waals surface area contributed by atoms with Gasteiger partial charge in [0.05, 0.1) is 24.4 Å². The van der Waals surface area contributed by atoms with Gasteiger partial charge in [-0.3, -0.25) is 9.59 Å². The maximum absolute atomic E-state index is 12.5. The number of hydrogen-bond donors (Lipinski definition) is 4. The van der Waals surface area contributed by atoms with Crippen LogP contribution in [0.15, 0.2) is 97.1 Å². The van der Waals surface area contributed by atoms with Gasteiger partial charge in [-0.15, -0.1) is 0 Å². The fourth-order valence-electron chi connectivity index (χ4n) is 7.34. The second kappa shape index (κ2) is 19.0. The number of nitrogens with zero attached hydrogens (tertiary/aromatic N) is 1. The molecule has 2 amide bonds. The highest BCUT2D eigenvalue weighted by molar-refractivity contribution is 6.30. The predicted octanol–water partition coefficient (Wildman–Crippen LogP) is 7.34. The second-order valence-corrected chi connectivity index (χ2v) is 15.0. The first-order valence-corrected chi connectivity index (χ1v) is 19.5. The number of likely N-dealkylation sites (tertiary alicyclic amines) is 1. The van der Waals surface area contributed by atoms with E-state index in [1.54, 1.807) is 0 Å². The molecule has 4 N–H and O–H groups in total. The average molecular weight is 754 g/mol. The summed E-state index contributed by atoms with van der Waals surface area (Å²) < 4.78 is 13.4. The molecule has 0 aliphatic carbocycles. The van der Waals surface area contributed by atoms with Crippen LogP contribution in [0.4, 0.5) is 0 Å². The molecule has 2 aliphatic heterocycles. The molecule has 54 heavy (non-hydrogen) atoms. The molecule has 4 aromatic carbocycles. The number of piperidine rings is 1. The lowest BCUT2D eigenvalue weighted by Gasteiger charge is -2.42. The zero-order valence-electron chi connectivity index (χ0n) is 31.0. The van der Waals surface area contributed by atoms with Crippen molar-refractivity contribution in [3.8, 4) is 11.1 Å². The first kappa shape index (κ1) is 39.6. The largest absolute Gasteiger partial charge is 0.392 e. The number of carbonyl (C=O) groups excluding carboxylic acids is 2. The van der Waals surface area contributed by atoms with Crippen LogP contribution < -0.4 is 10.6 Å². The molecule has 6 rings (SSSR count). The molecule has 2 saturated heterocycles. The number of amides is 2. The van der Waals surface area contributed by atoms with Crippen LogP contribution in [0.2, 0.25) is 5.02 Å². The van der Waals surface area contributed by atoms with E-state index >= 15 is 0 Å². The van der Waals surface area contributed by atoms with Crippen LogP contribution in [-0.4, -0.2) is 59.2 Å². The van der Waals surface area contributed by atoms with Crippen LogP contribution in [0.3, 0.4) is 0 Å². The molecule has 0 saturated carbocycles. The number of aliphatic hydroxyl groups is 2. The maximum Gasteiger partial charge on any atom is 0.220 e. The molecule has 0 bridgehead atoms. The fourth-order valence-corrected chi connectivity index (χ4v) is 7.47. The van der Waals surface area contributed by atoms with Crippen molar-refractivity contribution < 1.29 is 29.3 Å². The Morgan fingerprint density at radius 2 is 1.56 bits per heavy atom. The van der Waals surface area contributed by atoms with Gasteiger partial charge in [-0.05, 0) is 83.3 Å². The van der Waals surface area contributed by atoms with Crippen LogP contribution >= 0.6 is 11.6 Å². The third kappa shape index (κ3) is 11.0. The Bertz CT molecular complexity index is 1830. The monoisotopic (exact) mass is 753 g/mol. The lowest BCUT2D eigenvalue weighted by molar-refractivity contribution is -0.253. The third-order valence-corrected chi connectivity index (χ3v) is 10.8. The van der Waals surface area contributed by atoms with Crippen LogP contribution in [-0.2, 0) is 37.8 Å². The molecule has 2 heterocycles. The Labute approximate surface area is 323 Å². The summed E-state index contributed by atoms with van der Waals surface area (Å²) in [7, 11) is 0. The van der Waals surface area contributed by atoms with Crippen LogP contribution in [0.5, 0.6) is 0 Å². The van der Waals surface area contributed by atoms with E-state index in [-0.39, 0.29) is 30.6 Å². The minimum atomic E-state index is -0.878. The Kier molecular flexibility index (Phi) is 13.9. The van der Waals surface area contributed by atoms with Gasteiger partial charge in [0.1, 0.15) is 0 Å². The lowest BCUT2D eigenvalue weighted by atomic mass is 9.84. The maximum atomic E-state index is 12.5. The van der Waals surface area contributed by atoms with Gasteiger partial charge in [0.2, 0.25) is 11.8 Å². The molecule has 3 unspecified atom stereocenters. The standard InChI is InChI=1S/C44H52ClN3O6/c1-31(50)46-22-4-2-3-11-42(51)47-28-33-7-5-8-35(25-33)36-9-6-10-37(26-36)43-53-40(27-41(54-43)34-14-12-32(30-49)13-15-34)29-48-23-20-44(52,21-24-48)38-16-18-39(45)19-17-38/h5-10,12-19,25-26,40-41,43,49,52H,2-4,11,20-24,27-30H2,1H3,(H,46,50)(H,47,51). The van der Waals surface area contributed by atoms with Gasteiger partial charge in [0.25, 0.3) is 0 Å². The number of nitrogens with one attached hydrogen (secondary N) is 2. The molecule has 0 spiro atoms. The van der Waals surface area contributed by atoms with Gasteiger partial charge in [-0.1, -0.05) is 90.8 Å². The molecule has 4 aromatic rings. The summed E-state index contributed by atoms with van der Waals surface area (Å²) in [5.74, 6) is -0.0114. The third-order valence-electron chi connectivity index (χ3n) is 10.5. The summed E-state index contributed by atoms with van der Waals surface area (Å²) >= 11 is 6.11. The van der Waals surface area contributed by atoms with E-state index in [9.17, 15) is 19.8 Å². The van der Waals surface area contributed by atoms with Crippen LogP contribution in [0, 0.1) is 0 Å². The normalized spacial score (nSPS) is 20.0. The van der Waals surface area contributed by atoms with E-state index in [1.165, 1.54) is 6.92 Å². The quantitative estimate of drug-likeness (QED) is 0.0939. The minimum Gasteiger partial charge on any atom is -0.392 e. The summed E-state index contributed by atoms with van der Waals surface area (Å²) in [4.78, 5) is 25.9. The summed E-state index contributed by atoms with van der Waals surface area (Å²) in [6.07, 6.45) is 4.01. The van der Waals surface area contributed by atoms with Crippen molar-refractivity contribution in [1.82, 2.24) is 15.5 Å². The fraction of sp³-hybridized carbons (Fsp3) is 0.409. The topological polar surface area (TPSA) is 120 Å². The van der Waals surface area contributed by atoms with Gasteiger partial charge in [-0.25, -0.2) is 0 Å². The number of carbonyl (C=O) groups is 2. The molecular formula is C44H52ClN3O6. The number of benzene rings is 4. The average Bonchev–Trinajstić information content (AvgIpc) is 3.19. The van der Waals surface area contributed by atoms with Gasteiger partial charge >= 0.3 is 0 Å². The van der Waals surface area contributed by atoms with Crippen LogP contribution in [0.25, 0.3) is 11.1 Å². The van der Waals surface area contributed by atoms with Crippen molar-refractivity contribution in [3.63, 3.8) is 0 Å². The van der Waals surface area contributed by atoms with Crippen molar-refractivity contribution in [3.05, 3.63) is 130 Å². The van der Waals surface area contributed by atoms with Crippen LogP contribution in [0.1, 0.15) is 92.1 Å². The van der Waals surface area contributed by atoms with E-state index in [0.717, 1.165) is 71.3 Å². The van der Waals surface area contributed by atoms with Gasteiger partial charge < -0.3 is 35.2 Å². The van der Waals surface area contributed by atoms with Crippen molar-refractivity contribution >= 4 is 23.4 Å². The Morgan fingerprint density at radius 3 is 2.28 bits per heavy atom. The molecule has 9 nitrogen and oxygen atoms in total. The Hall–Kier alpha value is -4.09.